The standard InChI is InChI=1S/C17H25NO2/c1-2-16(12-19)18-17(20)15-10-8-14(9-11-15)13-6-4-3-5-7-13/h8-11,13,16,19H,2-7,12H2,1H3,(H,18,20). The van der Waals surface area contributed by atoms with Gasteiger partial charge in [-0.25, -0.2) is 0 Å². The molecule has 1 aromatic rings. The zero-order valence-corrected chi connectivity index (χ0v) is 12.3. The second kappa shape index (κ2) is 7.44. The van der Waals surface area contributed by atoms with Gasteiger partial charge < -0.3 is 10.4 Å². The van der Waals surface area contributed by atoms with Gasteiger partial charge in [0.1, 0.15) is 0 Å². The SMILES string of the molecule is CCC(CO)NC(=O)c1ccc(C2CCCCC2)cc1. The molecule has 1 aliphatic carbocycles. The summed E-state index contributed by atoms with van der Waals surface area (Å²) >= 11 is 0. The number of hydrogen-bond donors (Lipinski definition) is 2. The van der Waals surface area contributed by atoms with E-state index in [0.717, 1.165) is 6.42 Å². The van der Waals surface area contributed by atoms with Crippen LogP contribution in [0.25, 0.3) is 0 Å². The molecule has 20 heavy (non-hydrogen) atoms. The van der Waals surface area contributed by atoms with Crippen LogP contribution < -0.4 is 5.32 Å². The van der Waals surface area contributed by atoms with Crippen molar-refractivity contribution >= 4 is 5.91 Å². The zero-order valence-electron chi connectivity index (χ0n) is 12.3. The van der Waals surface area contributed by atoms with Gasteiger partial charge in [0.15, 0.2) is 0 Å². The van der Waals surface area contributed by atoms with E-state index in [4.69, 9.17) is 5.11 Å². The Hall–Kier alpha value is -1.35. The molecular formula is C17H25NO2. The molecule has 1 atom stereocenters. The molecule has 1 unspecified atom stereocenters. The van der Waals surface area contributed by atoms with Gasteiger partial charge in [-0.3, -0.25) is 4.79 Å². The molecule has 3 nitrogen and oxygen atoms in total. The van der Waals surface area contributed by atoms with Gasteiger partial charge in [0.05, 0.1) is 12.6 Å². The molecule has 0 aliphatic heterocycles. The third kappa shape index (κ3) is 3.83. The molecule has 0 radical (unpaired) electrons. The van der Waals surface area contributed by atoms with E-state index in [1.165, 1.54) is 37.7 Å². The largest absolute Gasteiger partial charge is 0.394 e. The highest BCUT2D eigenvalue weighted by molar-refractivity contribution is 5.94. The van der Waals surface area contributed by atoms with Crippen molar-refractivity contribution in [2.75, 3.05) is 6.61 Å². The van der Waals surface area contributed by atoms with Crippen LogP contribution in [0.5, 0.6) is 0 Å². The minimum atomic E-state index is -0.152. The predicted octanol–water partition coefficient (Wildman–Crippen LogP) is 3.24. The van der Waals surface area contributed by atoms with E-state index in [9.17, 15) is 4.79 Å². The van der Waals surface area contributed by atoms with Crippen molar-refractivity contribution in [2.24, 2.45) is 0 Å². The molecule has 0 spiro atoms. The minimum absolute atomic E-state index is 0.0115. The first-order valence-electron chi connectivity index (χ1n) is 7.76. The molecule has 0 saturated heterocycles. The Labute approximate surface area is 121 Å². The van der Waals surface area contributed by atoms with E-state index >= 15 is 0 Å². The number of amides is 1. The maximum absolute atomic E-state index is 12.0. The Morgan fingerprint density at radius 1 is 1.25 bits per heavy atom. The molecule has 0 bridgehead atoms. The highest BCUT2D eigenvalue weighted by Crippen LogP contribution is 2.32. The molecule has 0 aromatic heterocycles. The fourth-order valence-electron chi connectivity index (χ4n) is 2.89. The van der Waals surface area contributed by atoms with E-state index in [-0.39, 0.29) is 18.6 Å². The summed E-state index contributed by atoms with van der Waals surface area (Å²) in [5.41, 5.74) is 2.03. The summed E-state index contributed by atoms with van der Waals surface area (Å²) in [7, 11) is 0. The fourth-order valence-corrected chi connectivity index (χ4v) is 2.89. The van der Waals surface area contributed by atoms with Crippen molar-refractivity contribution in [3.8, 4) is 0 Å². The van der Waals surface area contributed by atoms with E-state index in [2.05, 4.69) is 17.4 Å². The number of benzene rings is 1. The van der Waals surface area contributed by atoms with E-state index in [1.54, 1.807) is 0 Å². The van der Waals surface area contributed by atoms with Crippen LogP contribution in [0, 0.1) is 0 Å². The highest BCUT2D eigenvalue weighted by Gasteiger charge is 2.16. The maximum Gasteiger partial charge on any atom is 0.251 e. The van der Waals surface area contributed by atoms with Crippen molar-refractivity contribution in [1.29, 1.82) is 0 Å². The molecule has 1 aliphatic rings. The number of aliphatic hydroxyl groups excluding tert-OH is 1. The quantitative estimate of drug-likeness (QED) is 0.866. The van der Waals surface area contributed by atoms with Crippen molar-refractivity contribution in [3.63, 3.8) is 0 Å². The summed E-state index contributed by atoms with van der Waals surface area (Å²) in [6.07, 6.45) is 7.28. The van der Waals surface area contributed by atoms with Crippen LogP contribution in [0.1, 0.15) is 67.3 Å². The number of rotatable bonds is 5. The van der Waals surface area contributed by atoms with Crippen LogP contribution in [0.15, 0.2) is 24.3 Å². The molecule has 110 valence electrons. The molecule has 1 aromatic carbocycles. The van der Waals surface area contributed by atoms with Crippen molar-refractivity contribution in [1.82, 2.24) is 5.32 Å². The van der Waals surface area contributed by atoms with Gasteiger partial charge in [0.2, 0.25) is 0 Å². The predicted molar refractivity (Wildman–Crippen MR) is 80.9 cm³/mol. The van der Waals surface area contributed by atoms with E-state index in [1.807, 2.05) is 19.1 Å². The summed E-state index contributed by atoms with van der Waals surface area (Å²) in [4.78, 5) is 12.0. The highest BCUT2D eigenvalue weighted by atomic mass is 16.3. The van der Waals surface area contributed by atoms with E-state index < -0.39 is 0 Å². The Morgan fingerprint density at radius 2 is 1.90 bits per heavy atom. The van der Waals surface area contributed by atoms with Crippen molar-refractivity contribution in [2.45, 2.75) is 57.4 Å². The van der Waals surface area contributed by atoms with Gasteiger partial charge >= 0.3 is 0 Å². The third-order valence-electron chi connectivity index (χ3n) is 4.30. The van der Waals surface area contributed by atoms with E-state index in [0.29, 0.717) is 11.5 Å². The summed E-state index contributed by atoms with van der Waals surface area (Å²) in [5, 5.41) is 12.0. The van der Waals surface area contributed by atoms with Crippen LogP contribution in [-0.4, -0.2) is 23.7 Å². The Kier molecular flexibility index (Phi) is 5.60. The van der Waals surface area contributed by atoms with Gasteiger partial charge in [-0.05, 0) is 42.9 Å². The molecule has 2 rings (SSSR count). The first kappa shape index (κ1) is 15.0. The average molecular weight is 275 g/mol. The number of carbonyl (C=O) groups excluding carboxylic acids is 1. The lowest BCUT2D eigenvalue weighted by Crippen LogP contribution is -2.36. The van der Waals surface area contributed by atoms with Crippen LogP contribution in [0.3, 0.4) is 0 Å². The van der Waals surface area contributed by atoms with Crippen LogP contribution in [0.2, 0.25) is 0 Å². The Balaban J connectivity index is 1.98. The zero-order chi connectivity index (χ0) is 14.4. The van der Waals surface area contributed by atoms with Gasteiger partial charge in [0, 0.05) is 5.56 Å². The number of aliphatic hydroxyl groups is 1. The third-order valence-corrected chi connectivity index (χ3v) is 4.30. The molecule has 0 heterocycles. The first-order chi connectivity index (χ1) is 9.74. The molecule has 3 heteroatoms. The number of hydrogen-bond acceptors (Lipinski definition) is 2. The van der Waals surface area contributed by atoms with Gasteiger partial charge in [-0.15, -0.1) is 0 Å². The monoisotopic (exact) mass is 275 g/mol. The summed E-state index contributed by atoms with van der Waals surface area (Å²) < 4.78 is 0. The molecule has 1 amide bonds. The minimum Gasteiger partial charge on any atom is -0.394 e. The molecule has 2 N–H and O–H groups in total. The van der Waals surface area contributed by atoms with Crippen molar-refractivity contribution in [3.05, 3.63) is 35.4 Å². The lowest BCUT2D eigenvalue weighted by Gasteiger charge is -2.22. The Morgan fingerprint density at radius 3 is 2.45 bits per heavy atom. The van der Waals surface area contributed by atoms with Gasteiger partial charge in [-0.1, -0.05) is 38.3 Å². The fraction of sp³-hybridized carbons (Fsp3) is 0.588. The maximum atomic E-state index is 12.0. The average Bonchev–Trinajstić information content (AvgIpc) is 2.53. The van der Waals surface area contributed by atoms with Gasteiger partial charge in [-0.2, -0.15) is 0 Å². The van der Waals surface area contributed by atoms with Crippen molar-refractivity contribution < 1.29 is 9.90 Å². The summed E-state index contributed by atoms with van der Waals surface area (Å²) in [5.74, 6) is 0.572. The summed E-state index contributed by atoms with van der Waals surface area (Å²) in [6, 6.07) is 7.84. The normalized spacial score (nSPS) is 17.7. The summed E-state index contributed by atoms with van der Waals surface area (Å²) in [6.45, 7) is 1.94. The molecule has 1 saturated carbocycles. The van der Waals surface area contributed by atoms with Crippen LogP contribution >= 0.6 is 0 Å². The molecule has 1 fully saturated rings. The molecular weight excluding hydrogens is 250 g/mol. The topological polar surface area (TPSA) is 49.3 Å². The second-order valence-corrected chi connectivity index (χ2v) is 5.72. The second-order valence-electron chi connectivity index (χ2n) is 5.72. The lowest BCUT2D eigenvalue weighted by molar-refractivity contribution is 0.0915. The number of nitrogens with one attached hydrogen (secondary N) is 1. The smallest absolute Gasteiger partial charge is 0.251 e. The Bertz CT molecular complexity index is 417. The number of carbonyl (C=O) groups is 1. The van der Waals surface area contributed by atoms with Crippen LogP contribution in [0.4, 0.5) is 0 Å². The first-order valence-corrected chi connectivity index (χ1v) is 7.76. The van der Waals surface area contributed by atoms with Crippen LogP contribution in [-0.2, 0) is 0 Å². The van der Waals surface area contributed by atoms with Gasteiger partial charge in [0.25, 0.3) is 5.91 Å². The lowest BCUT2D eigenvalue weighted by atomic mass is 9.84.